The van der Waals surface area contributed by atoms with Crippen molar-refractivity contribution >= 4 is 11.6 Å². The molecule has 0 spiro atoms. The van der Waals surface area contributed by atoms with Crippen LogP contribution in [0.3, 0.4) is 0 Å². The SMILES string of the molecule is C#CC#CC#COc1cc(O)c(O)c2c1C(=O)c1ccccc1C2=O. The van der Waals surface area contributed by atoms with Crippen molar-refractivity contribution in [1.82, 2.24) is 0 Å². The second kappa shape index (κ2) is 6.16. The van der Waals surface area contributed by atoms with E-state index in [-0.39, 0.29) is 28.0 Å². The van der Waals surface area contributed by atoms with Gasteiger partial charge in [0.25, 0.3) is 0 Å². The van der Waals surface area contributed by atoms with E-state index in [1.807, 2.05) is 0 Å². The maximum Gasteiger partial charge on any atom is 0.198 e. The van der Waals surface area contributed by atoms with E-state index < -0.39 is 23.1 Å². The lowest BCUT2D eigenvalue weighted by atomic mass is 9.83. The predicted molar refractivity (Wildman–Crippen MR) is 88.1 cm³/mol. The zero-order valence-corrected chi connectivity index (χ0v) is 12.6. The Bertz CT molecular complexity index is 1100. The Hall–Kier alpha value is -4.14. The predicted octanol–water partition coefficient (Wildman–Crippen LogP) is 1.85. The molecule has 0 aliphatic heterocycles. The highest BCUT2D eigenvalue weighted by atomic mass is 16.5. The van der Waals surface area contributed by atoms with Crippen LogP contribution in [0, 0.1) is 36.2 Å². The van der Waals surface area contributed by atoms with Gasteiger partial charge in [-0.05, 0) is 11.8 Å². The van der Waals surface area contributed by atoms with Gasteiger partial charge in [-0.2, -0.15) is 0 Å². The molecule has 1 aliphatic carbocycles. The van der Waals surface area contributed by atoms with Crippen molar-refractivity contribution < 1.29 is 24.5 Å². The van der Waals surface area contributed by atoms with Crippen LogP contribution in [-0.4, -0.2) is 21.8 Å². The fraction of sp³-hybridized carbons (Fsp3) is 0. The van der Waals surface area contributed by atoms with Crippen molar-refractivity contribution in [2.75, 3.05) is 0 Å². The lowest BCUT2D eigenvalue weighted by molar-refractivity contribution is 0.0974. The third kappa shape index (κ3) is 2.55. The van der Waals surface area contributed by atoms with Gasteiger partial charge in [0.2, 0.25) is 0 Å². The Morgan fingerprint density at radius 3 is 2.20 bits per heavy atom. The monoisotopic (exact) mass is 328 g/mol. The molecule has 0 radical (unpaired) electrons. The van der Waals surface area contributed by atoms with Crippen LogP contribution >= 0.6 is 0 Å². The average molecular weight is 328 g/mol. The number of phenols is 2. The summed E-state index contributed by atoms with van der Waals surface area (Å²) in [6.07, 6.45) is 7.17. The van der Waals surface area contributed by atoms with E-state index >= 15 is 0 Å². The molecule has 2 aromatic rings. The first kappa shape index (κ1) is 15.7. The molecule has 118 valence electrons. The van der Waals surface area contributed by atoms with E-state index in [9.17, 15) is 19.8 Å². The van der Waals surface area contributed by atoms with Crippen molar-refractivity contribution in [1.29, 1.82) is 0 Å². The number of ether oxygens (including phenoxy) is 1. The first-order valence-electron chi connectivity index (χ1n) is 6.96. The van der Waals surface area contributed by atoms with Crippen LogP contribution < -0.4 is 4.74 Å². The minimum atomic E-state index is -0.685. The standard InChI is InChI=1S/C20H8O5/c1-2-3-4-7-10-25-15-11-14(21)20(24)17-16(15)18(22)12-8-5-6-9-13(12)19(17)23/h1,5-6,8-9,11,21,24H. The van der Waals surface area contributed by atoms with Gasteiger partial charge < -0.3 is 14.9 Å². The third-order valence-electron chi connectivity index (χ3n) is 3.52. The molecule has 0 atom stereocenters. The summed E-state index contributed by atoms with van der Waals surface area (Å²) in [5.41, 5.74) is -0.179. The molecule has 0 fully saturated rings. The van der Waals surface area contributed by atoms with Gasteiger partial charge in [0.1, 0.15) is 6.11 Å². The van der Waals surface area contributed by atoms with Gasteiger partial charge in [-0.25, -0.2) is 0 Å². The summed E-state index contributed by atoms with van der Waals surface area (Å²) in [4.78, 5) is 25.4. The fourth-order valence-electron chi connectivity index (χ4n) is 2.48. The summed E-state index contributed by atoms with van der Waals surface area (Å²) in [7, 11) is 0. The molecule has 0 saturated carbocycles. The number of benzene rings is 2. The summed E-state index contributed by atoms with van der Waals surface area (Å²) in [5, 5.41) is 19.9. The number of terminal acetylenes is 1. The van der Waals surface area contributed by atoms with Crippen LogP contribution in [0.25, 0.3) is 0 Å². The number of hydrogen-bond donors (Lipinski definition) is 2. The zero-order valence-electron chi connectivity index (χ0n) is 12.6. The molecule has 0 unspecified atom stereocenters. The maximum absolute atomic E-state index is 12.7. The molecule has 2 N–H and O–H groups in total. The topological polar surface area (TPSA) is 83.8 Å². The smallest absolute Gasteiger partial charge is 0.198 e. The Morgan fingerprint density at radius 1 is 0.920 bits per heavy atom. The minimum Gasteiger partial charge on any atom is -0.504 e. The maximum atomic E-state index is 12.7. The van der Waals surface area contributed by atoms with Gasteiger partial charge in [-0.3, -0.25) is 9.59 Å². The van der Waals surface area contributed by atoms with Crippen LogP contribution in [0.2, 0.25) is 0 Å². The van der Waals surface area contributed by atoms with Crippen molar-refractivity contribution in [3.63, 3.8) is 0 Å². The summed E-state index contributed by atoms with van der Waals surface area (Å²) >= 11 is 0. The van der Waals surface area contributed by atoms with Crippen LogP contribution in [0.5, 0.6) is 17.2 Å². The first-order valence-corrected chi connectivity index (χ1v) is 6.96. The average Bonchev–Trinajstić information content (AvgIpc) is 2.62. The molecule has 5 nitrogen and oxygen atoms in total. The first-order chi connectivity index (χ1) is 12.1. The molecule has 5 heteroatoms. The van der Waals surface area contributed by atoms with E-state index in [0.717, 1.165) is 6.07 Å². The largest absolute Gasteiger partial charge is 0.504 e. The quantitative estimate of drug-likeness (QED) is 0.526. The highest BCUT2D eigenvalue weighted by molar-refractivity contribution is 6.30. The van der Waals surface area contributed by atoms with Crippen LogP contribution in [0.15, 0.2) is 30.3 Å². The molecular weight excluding hydrogens is 320 g/mol. The lowest BCUT2D eigenvalue weighted by Crippen LogP contribution is -2.21. The highest BCUT2D eigenvalue weighted by Crippen LogP contribution is 2.43. The van der Waals surface area contributed by atoms with Crippen LogP contribution in [0.1, 0.15) is 31.8 Å². The summed E-state index contributed by atoms with van der Waals surface area (Å²) in [5.74, 6) is 6.38. The van der Waals surface area contributed by atoms with Crippen molar-refractivity contribution in [2.45, 2.75) is 0 Å². The second-order valence-corrected chi connectivity index (χ2v) is 4.92. The molecule has 0 bridgehead atoms. The number of carbonyl (C=O) groups excluding carboxylic acids is 2. The Balaban J connectivity index is 2.19. The molecule has 0 aromatic heterocycles. The van der Waals surface area contributed by atoms with E-state index in [1.165, 1.54) is 12.1 Å². The molecule has 0 amide bonds. The van der Waals surface area contributed by atoms with E-state index in [0.29, 0.717) is 0 Å². The number of fused-ring (bicyclic) bond motifs is 2. The molecule has 2 aromatic carbocycles. The van der Waals surface area contributed by atoms with Gasteiger partial charge in [-0.1, -0.05) is 24.3 Å². The lowest BCUT2D eigenvalue weighted by Gasteiger charge is -2.20. The summed E-state index contributed by atoms with van der Waals surface area (Å²) < 4.78 is 5.14. The van der Waals surface area contributed by atoms with E-state index in [2.05, 4.69) is 29.8 Å². The number of phenolic OH excluding ortho intramolecular Hbond substituents is 2. The van der Waals surface area contributed by atoms with Crippen LogP contribution in [-0.2, 0) is 0 Å². The van der Waals surface area contributed by atoms with E-state index in [1.54, 1.807) is 12.1 Å². The molecule has 3 rings (SSSR count). The van der Waals surface area contributed by atoms with E-state index in [4.69, 9.17) is 11.2 Å². The molecule has 1 aliphatic rings. The van der Waals surface area contributed by atoms with Crippen molar-refractivity contribution in [3.8, 4) is 53.5 Å². The second-order valence-electron chi connectivity index (χ2n) is 4.92. The molecule has 25 heavy (non-hydrogen) atoms. The Morgan fingerprint density at radius 2 is 1.56 bits per heavy atom. The third-order valence-corrected chi connectivity index (χ3v) is 3.52. The number of rotatable bonds is 1. The van der Waals surface area contributed by atoms with Gasteiger partial charge in [0.05, 0.1) is 11.1 Å². The highest BCUT2D eigenvalue weighted by Gasteiger charge is 2.36. The summed E-state index contributed by atoms with van der Waals surface area (Å²) in [6, 6.07) is 7.19. The number of ketones is 2. The Labute approximate surface area is 142 Å². The van der Waals surface area contributed by atoms with Crippen molar-refractivity contribution in [3.05, 3.63) is 52.6 Å². The normalized spacial score (nSPS) is 11.0. The van der Waals surface area contributed by atoms with Crippen molar-refractivity contribution in [2.24, 2.45) is 0 Å². The van der Waals surface area contributed by atoms with Gasteiger partial charge in [0.15, 0.2) is 28.8 Å². The molecule has 0 saturated heterocycles. The van der Waals surface area contributed by atoms with Gasteiger partial charge in [-0.15, -0.1) is 6.42 Å². The number of aromatic hydroxyl groups is 2. The fourth-order valence-corrected chi connectivity index (χ4v) is 2.48. The molecular formula is C20H8O5. The zero-order chi connectivity index (χ0) is 18.0. The molecule has 0 heterocycles. The summed E-state index contributed by atoms with van der Waals surface area (Å²) in [6.45, 7) is 0. The minimum absolute atomic E-state index is 0.137. The Kier molecular flexibility index (Phi) is 3.88. The van der Waals surface area contributed by atoms with Gasteiger partial charge >= 0.3 is 0 Å². The number of carbonyl (C=O) groups is 2. The van der Waals surface area contributed by atoms with Gasteiger partial charge in [0, 0.05) is 29.0 Å². The number of hydrogen-bond acceptors (Lipinski definition) is 5. The van der Waals surface area contributed by atoms with Crippen LogP contribution in [0.4, 0.5) is 0 Å².